The van der Waals surface area contributed by atoms with Gasteiger partial charge in [0.2, 0.25) is 0 Å². The molecule has 1 aromatic carbocycles. The second-order valence-electron chi connectivity index (χ2n) is 3.95. The molecule has 2 rings (SSSR count). The van der Waals surface area contributed by atoms with Crippen LogP contribution in [-0.2, 0) is 13.2 Å². The summed E-state index contributed by atoms with van der Waals surface area (Å²) in [6.45, 7) is 0.826. The molecular weight excluding hydrogens is 264 g/mol. The Bertz CT molecular complexity index is 561. The first kappa shape index (κ1) is 13.6. The first-order chi connectivity index (χ1) is 9.24. The minimum atomic E-state index is 0.361. The van der Waals surface area contributed by atoms with Crippen LogP contribution < -0.4 is 15.2 Å². The third kappa shape index (κ3) is 3.36. The van der Waals surface area contributed by atoms with Crippen molar-refractivity contribution >= 4 is 11.6 Å². The minimum Gasteiger partial charge on any atom is -0.493 e. The Morgan fingerprint density at radius 3 is 2.79 bits per heavy atom. The molecule has 0 unspecified atom stereocenters. The van der Waals surface area contributed by atoms with Crippen molar-refractivity contribution in [3.63, 3.8) is 0 Å². The van der Waals surface area contributed by atoms with E-state index in [0.717, 1.165) is 11.1 Å². The normalized spacial score (nSPS) is 10.3. The second-order valence-corrected chi connectivity index (χ2v) is 4.35. The molecule has 0 saturated carbocycles. The molecule has 5 heteroatoms. The Morgan fingerprint density at radius 2 is 2.11 bits per heavy atom. The van der Waals surface area contributed by atoms with Gasteiger partial charge in [-0.15, -0.1) is 0 Å². The van der Waals surface area contributed by atoms with E-state index in [1.807, 2.05) is 24.3 Å². The molecule has 0 bridgehead atoms. The van der Waals surface area contributed by atoms with E-state index in [2.05, 4.69) is 4.98 Å². The average molecular weight is 279 g/mol. The maximum absolute atomic E-state index is 6.02. The molecule has 0 aliphatic carbocycles. The third-order valence-corrected chi connectivity index (χ3v) is 3.04. The van der Waals surface area contributed by atoms with Crippen LogP contribution in [0.1, 0.15) is 11.1 Å². The van der Waals surface area contributed by atoms with E-state index in [1.165, 1.54) is 0 Å². The Kier molecular flexibility index (Phi) is 4.60. The molecule has 0 saturated heterocycles. The number of pyridine rings is 1. The summed E-state index contributed by atoms with van der Waals surface area (Å²) in [6.07, 6.45) is 3.27. The van der Waals surface area contributed by atoms with Crippen molar-refractivity contribution in [2.24, 2.45) is 5.73 Å². The van der Waals surface area contributed by atoms with Crippen LogP contribution in [0.4, 0.5) is 0 Å². The second kappa shape index (κ2) is 6.41. The fourth-order valence-corrected chi connectivity index (χ4v) is 1.81. The van der Waals surface area contributed by atoms with Crippen molar-refractivity contribution in [3.05, 3.63) is 52.8 Å². The Balaban J connectivity index is 2.13. The number of aromatic nitrogens is 1. The monoisotopic (exact) mass is 278 g/mol. The van der Waals surface area contributed by atoms with E-state index in [9.17, 15) is 0 Å². The molecule has 0 atom stereocenters. The van der Waals surface area contributed by atoms with Crippen molar-refractivity contribution in [3.8, 4) is 11.5 Å². The molecular formula is C14H15ClN2O2. The van der Waals surface area contributed by atoms with Crippen LogP contribution >= 0.6 is 11.6 Å². The van der Waals surface area contributed by atoms with E-state index < -0.39 is 0 Å². The molecule has 1 aromatic heterocycles. The number of hydrogen-bond acceptors (Lipinski definition) is 4. The largest absolute Gasteiger partial charge is 0.493 e. The molecule has 0 radical (unpaired) electrons. The maximum Gasteiger partial charge on any atom is 0.161 e. The Morgan fingerprint density at radius 1 is 1.26 bits per heavy atom. The van der Waals surface area contributed by atoms with Gasteiger partial charge in [0.1, 0.15) is 6.61 Å². The highest BCUT2D eigenvalue weighted by atomic mass is 35.5. The first-order valence-electron chi connectivity index (χ1n) is 5.82. The van der Waals surface area contributed by atoms with Crippen LogP contribution in [-0.4, -0.2) is 12.1 Å². The van der Waals surface area contributed by atoms with Crippen molar-refractivity contribution in [2.75, 3.05) is 7.11 Å². The van der Waals surface area contributed by atoms with Crippen molar-refractivity contribution in [1.82, 2.24) is 4.98 Å². The number of nitrogens with zero attached hydrogens (tertiary/aromatic N) is 1. The summed E-state index contributed by atoms with van der Waals surface area (Å²) in [5.41, 5.74) is 7.46. The summed E-state index contributed by atoms with van der Waals surface area (Å²) in [4.78, 5) is 3.93. The zero-order chi connectivity index (χ0) is 13.7. The predicted molar refractivity (Wildman–Crippen MR) is 74.5 cm³/mol. The van der Waals surface area contributed by atoms with E-state index >= 15 is 0 Å². The molecule has 0 amide bonds. The van der Waals surface area contributed by atoms with E-state index in [-0.39, 0.29) is 0 Å². The number of ether oxygens (including phenoxy) is 2. The van der Waals surface area contributed by atoms with Crippen LogP contribution in [0.3, 0.4) is 0 Å². The molecule has 100 valence electrons. The van der Waals surface area contributed by atoms with E-state index in [1.54, 1.807) is 19.5 Å². The molecule has 0 fully saturated rings. The molecule has 19 heavy (non-hydrogen) atoms. The van der Waals surface area contributed by atoms with E-state index in [0.29, 0.717) is 29.7 Å². The van der Waals surface area contributed by atoms with E-state index in [4.69, 9.17) is 26.8 Å². The van der Waals surface area contributed by atoms with Gasteiger partial charge in [-0.3, -0.25) is 4.98 Å². The van der Waals surface area contributed by atoms with Crippen LogP contribution in [0.25, 0.3) is 0 Å². The minimum absolute atomic E-state index is 0.361. The summed E-state index contributed by atoms with van der Waals surface area (Å²) in [5.74, 6) is 1.32. The lowest BCUT2D eigenvalue weighted by atomic mass is 10.2. The van der Waals surface area contributed by atoms with Crippen molar-refractivity contribution < 1.29 is 9.47 Å². The van der Waals surface area contributed by atoms with Gasteiger partial charge in [-0.2, -0.15) is 0 Å². The van der Waals surface area contributed by atoms with Crippen LogP contribution in [0, 0.1) is 0 Å². The van der Waals surface area contributed by atoms with Gasteiger partial charge in [0.25, 0.3) is 0 Å². The summed E-state index contributed by atoms with van der Waals surface area (Å²) in [5, 5.41) is 0.583. The fraction of sp³-hybridized carbons (Fsp3) is 0.214. The lowest BCUT2D eigenvalue weighted by Gasteiger charge is -2.12. The van der Waals surface area contributed by atoms with Crippen molar-refractivity contribution in [2.45, 2.75) is 13.2 Å². The summed E-state index contributed by atoms with van der Waals surface area (Å²) < 4.78 is 11.0. The Hall–Kier alpha value is -1.78. The molecule has 0 aliphatic heterocycles. The van der Waals surface area contributed by atoms with Crippen LogP contribution in [0.15, 0.2) is 36.7 Å². The number of rotatable bonds is 5. The van der Waals surface area contributed by atoms with Crippen molar-refractivity contribution in [1.29, 1.82) is 0 Å². The molecule has 0 aliphatic rings. The highest BCUT2D eigenvalue weighted by Crippen LogP contribution is 2.29. The Labute approximate surface area is 117 Å². The lowest BCUT2D eigenvalue weighted by molar-refractivity contribution is 0.284. The third-order valence-electron chi connectivity index (χ3n) is 2.70. The smallest absolute Gasteiger partial charge is 0.161 e. The molecule has 2 aromatic rings. The quantitative estimate of drug-likeness (QED) is 0.914. The summed E-state index contributed by atoms with van der Waals surface area (Å²) in [6, 6.07) is 7.44. The number of halogens is 1. The number of methoxy groups -OCH3 is 1. The lowest BCUT2D eigenvalue weighted by Crippen LogP contribution is -2.01. The molecule has 0 spiro atoms. The number of hydrogen-bond donors (Lipinski definition) is 1. The highest BCUT2D eigenvalue weighted by molar-refractivity contribution is 6.31. The average Bonchev–Trinajstić information content (AvgIpc) is 2.46. The van der Waals surface area contributed by atoms with Gasteiger partial charge in [0.05, 0.1) is 12.1 Å². The first-order valence-corrected chi connectivity index (χ1v) is 6.20. The number of benzene rings is 1. The zero-order valence-corrected chi connectivity index (χ0v) is 11.4. The highest BCUT2D eigenvalue weighted by Gasteiger charge is 2.07. The van der Waals surface area contributed by atoms with Crippen LogP contribution in [0.2, 0.25) is 5.02 Å². The standard InChI is InChI=1S/C14H15ClN2O2/c1-18-14-6-10(7-16)2-3-13(14)19-9-11-4-5-17-8-12(11)15/h2-6,8H,7,9,16H2,1H3. The summed E-state index contributed by atoms with van der Waals surface area (Å²) in [7, 11) is 1.60. The van der Waals surface area contributed by atoms with Gasteiger partial charge in [-0.25, -0.2) is 0 Å². The van der Waals surface area contributed by atoms with Gasteiger partial charge in [-0.1, -0.05) is 17.7 Å². The van der Waals surface area contributed by atoms with Gasteiger partial charge in [0.15, 0.2) is 11.5 Å². The molecule has 2 N–H and O–H groups in total. The fourth-order valence-electron chi connectivity index (χ4n) is 1.63. The molecule has 4 nitrogen and oxygen atoms in total. The van der Waals surface area contributed by atoms with Crippen LogP contribution in [0.5, 0.6) is 11.5 Å². The van der Waals surface area contributed by atoms with Gasteiger partial charge in [0, 0.05) is 24.5 Å². The zero-order valence-electron chi connectivity index (χ0n) is 10.6. The summed E-state index contributed by atoms with van der Waals surface area (Å²) >= 11 is 6.02. The molecule has 1 heterocycles. The topological polar surface area (TPSA) is 57.4 Å². The number of nitrogens with two attached hydrogens (primary N) is 1. The van der Waals surface area contributed by atoms with Gasteiger partial charge < -0.3 is 15.2 Å². The SMILES string of the molecule is COc1cc(CN)ccc1OCc1ccncc1Cl. The van der Waals surface area contributed by atoms with Gasteiger partial charge >= 0.3 is 0 Å². The maximum atomic E-state index is 6.02. The van der Waals surface area contributed by atoms with Gasteiger partial charge in [-0.05, 0) is 23.8 Å². The predicted octanol–water partition coefficient (Wildman–Crippen LogP) is 2.78.